The summed E-state index contributed by atoms with van der Waals surface area (Å²) in [5.41, 5.74) is 0.787. The van der Waals surface area contributed by atoms with Crippen molar-refractivity contribution in [3.05, 3.63) is 30.4 Å². The van der Waals surface area contributed by atoms with E-state index >= 15 is 0 Å². The summed E-state index contributed by atoms with van der Waals surface area (Å²) in [6.07, 6.45) is 5.75. The first-order valence-electron chi connectivity index (χ1n) is 6.29. The lowest BCUT2D eigenvalue weighted by molar-refractivity contribution is -0.121. The molecule has 0 fully saturated rings. The predicted octanol–water partition coefficient (Wildman–Crippen LogP) is 1.94. The average Bonchev–Trinajstić information content (AvgIpc) is 2.93. The van der Waals surface area contributed by atoms with Gasteiger partial charge >= 0.3 is 0 Å². The zero-order valence-corrected chi connectivity index (χ0v) is 10.8. The van der Waals surface area contributed by atoms with Crippen molar-refractivity contribution in [1.82, 2.24) is 20.4 Å². The Morgan fingerprint density at radius 1 is 1.47 bits per heavy atom. The molecule has 0 aliphatic heterocycles. The molecule has 6 nitrogen and oxygen atoms in total. The van der Waals surface area contributed by atoms with Crippen molar-refractivity contribution in [3.63, 3.8) is 0 Å². The van der Waals surface area contributed by atoms with Crippen LogP contribution in [0.25, 0.3) is 11.4 Å². The van der Waals surface area contributed by atoms with Gasteiger partial charge in [-0.25, -0.2) is 0 Å². The Labute approximate surface area is 111 Å². The molecular formula is C13H16N4O2. The minimum atomic E-state index is 0.00276. The number of amides is 1. The number of carbonyl (C=O) groups excluding carboxylic acids is 1. The van der Waals surface area contributed by atoms with E-state index < -0.39 is 0 Å². The van der Waals surface area contributed by atoms with E-state index in [9.17, 15) is 4.79 Å². The van der Waals surface area contributed by atoms with Gasteiger partial charge < -0.3 is 9.84 Å². The zero-order valence-electron chi connectivity index (χ0n) is 10.8. The Hall–Kier alpha value is -2.24. The van der Waals surface area contributed by atoms with Gasteiger partial charge in [0.25, 0.3) is 0 Å². The van der Waals surface area contributed by atoms with Crippen LogP contribution in [0.4, 0.5) is 0 Å². The molecule has 0 bridgehead atoms. The van der Waals surface area contributed by atoms with Crippen LogP contribution in [-0.4, -0.2) is 21.0 Å². The molecule has 2 heterocycles. The van der Waals surface area contributed by atoms with Crippen LogP contribution in [0.3, 0.4) is 0 Å². The molecular weight excluding hydrogens is 244 g/mol. The quantitative estimate of drug-likeness (QED) is 0.858. The Morgan fingerprint density at radius 3 is 3.11 bits per heavy atom. The van der Waals surface area contributed by atoms with Gasteiger partial charge in [-0.15, -0.1) is 0 Å². The van der Waals surface area contributed by atoms with Crippen LogP contribution in [0.5, 0.6) is 0 Å². The number of rotatable bonds is 6. The van der Waals surface area contributed by atoms with E-state index in [2.05, 4.69) is 20.4 Å². The molecule has 0 unspecified atom stereocenters. The summed E-state index contributed by atoms with van der Waals surface area (Å²) in [6.45, 7) is 2.31. The fraction of sp³-hybridized carbons (Fsp3) is 0.385. The largest absolute Gasteiger partial charge is 0.347 e. The SMILES string of the molecule is CCCCC(=O)NCc1nc(-c2cccnc2)no1. The first-order chi connectivity index (χ1) is 9.29. The number of nitrogens with zero attached hydrogens (tertiary/aromatic N) is 3. The smallest absolute Gasteiger partial charge is 0.246 e. The summed E-state index contributed by atoms with van der Waals surface area (Å²) < 4.78 is 5.07. The normalized spacial score (nSPS) is 10.4. The van der Waals surface area contributed by atoms with E-state index in [1.807, 2.05) is 13.0 Å². The second-order valence-corrected chi connectivity index (χ2v) is 4.13. The van der Waals surface area contributed by atoms with Gasteiger partial charge in [-0.2, -0.15) is 4.98 Å². The fourth-order valence-corrected chi connectivity index (χ4v) is 1.54. The highest BCUT2D eigenvalue weighted by atomic mass is 16.5. The van der Waals surface area contributed by atoms with Gasteiger partial charge in [-0.1, -0.05) is 18.5 Å². The molecule has 0 atom stereocenters. The number of nitrogens with one attached hydrogen (secondary N) is 1. The van der Waals surface area contributed by atoms with Crippen molar-refractivity contribution >= 4 is 5.91 Å². The van der Waals surface area contributed by atoms with Crippen LogP contribution in [0.15, 0.2) is 29.0 Å². The summed E-state index contributed by atoms with van der Waals surface area (Å²) >= 11 is 0. The molecule has 0 aromatic carbocycles. The molecule has 2 aromatic heterocycles. The highest BCUT2D eigenvalue weighted by Crippen LogP contribution is 2.13. The van der Waals surface area contributed by atoms with E-state index in [-0.39, 0.29) is 12.5 Å². The Balaban J connectivity index is 1.90. The number of unbranched alkanes of at least 4 members (excludes halogenated alkanes) is 1. The second kappa shape index (κ2) is 6.63. The third kappa shape index (κ3) is 3.87. The van der Waals surface area contributed by atoms with Gasteiger partial charge in [-0.3, -0.25) is 9.78 Å². The van der Waals surface area contributed by atoms with Crippen molar-refractivity contribution in [1.29, 1.82) is 0 Å². The maximum atomic E-state index is 11.4. The molecule has 100 valence electrons. The van der Waals surface area contributed by atoms with Crippen LogP contribution in [0.1, 0.15) is 32.1 Å². The molecule has 0 aliphatic rings. The molecule has 1 amide bonds. The van der Waals surface area contributed by atoms with Gasteiger partial charge in [0, 0.05) is 24.4 Å². The van der Waals surface area contributed by atoms with Crippen LogP contribution in [-0.2, 0) is 11.3 Å². The van der Waals surface area contributed by atoms with Crippen molar-refractivity contribution in [2.24, 2.45) is 0 Å². The lowest BCUT2D eigenvalue weighted by Gasteiger charge is -2.00. The standard InChI is InChI=1S/C13H16N4O2/c1-2-3-6-11(18)15-9-12-16-13(17-19-12)10-5-4-7-14-8-10/h4-5,7-8H,2-3,6,9H2,1H3,(H,15,18). The van der Waals surface area contributed by atoms with Gasteiger partial charge in [0.05, 0.1) is 6.54 Å². The minimum Gasteiger partial charge on any atom is -0.347 e. The lowest BCUT2D eigenvalue weighted by Crippen LogP contribution is -2.22. The Morgan fingerprint density at radius 2 is 2.37 bits per heavy atom. The summed E-state index contributed by atoms with van der Waals surface area (Å²) in [5, 5.41) is 6.60. The van der Waals surface area contributed by atoms with E-state index in [1.54, 1.807) is 18.5 Å². The minimum absolute atomic E-state index is 0.00276. The fourth-order valence-electron chi connectivity index (χ4n) is 1.54. The van der Waals surface area contributed by atoms with Crippen molar-refractivity contribution < 1.29 is 9.32 Å². The number of aromatic nitrogens is 3. The zero-order chi connectivity index (χ0) is 13.5. The van der Waals surface area contributed by atoms with Crippen LogP contribution < -0.4 is 5.32 Å². The Bertz CT molecular complexity index is 524. The van der Waals surface area contributed by atoms with E-state index in [0.717, 1.165) is 18.4 Å². The molecule has 0 saturated heterocycles. The van der Waals surface area contributed by atoms with Crippen molar-refractivity contribution in [2.75, 3.05) is 0 Å². The molecule has 0 radical (unpaired) electrons. The van der Waals surface area contributed by atoms with Crippen molar-refractivity contribution in [3.8, 4) is 11.4 Å². The van der Waals surface area contributed by atoms with Crippen LogP contribution in [0, 0.1) is 0 Å². The molecule has 1 N–H and O–H groups in total. The second-order valence-electron chi connectivity index (χ2n) is 4.13. The third-order valence-corrected chi connectivity index (χ3v) is 2.58. The Kier molecular flexibility index (Phi) is 4.60. The first kappa shape index (κ1) is 13.2. The first-order valence-corrected chi connectivity index (χ1v) is 6.29. The number of hydrogen-bond acceptors (Lipinski definition) is 5. The number of hydrogen-bond donors (Lipinski definition) is 1. The highest BCUT2D eigenvalue weighted by Gasteiger charge is 2.09. The van der Waals surface area contributed by atoms with E-state index in [4.69, 9.17) is 4.52 Å². The van der Waals surface area contributed by atoms with E-state index in [0.29, 0.717) is 18.1 Å². The van der Waals surface area contributed by atoms with Gasteiger partial charge in [0.15, 0.2) is 0 Å². The number of pyridine rings is 1. The van der Waals surface area contributed by atoms with E-state index in [1.165, 1.54) is 0 Å². The summed E-state index contributed by atoms with van der Waals surface area (Å²) in [4.78, 5) is 19.6. The topological polar surface area (TPSA) is 80.9 Å². The number of carbonyl (C=O) groups is 1. The third-order valence-electron chi connectivity index (χ3n) is 2.58. The molecule has 0 spiro atoms. The highest BCUT2D eigenvalue weighted by molar-refractivity contribution is 5.75. The molecule has 0 saturated carbocycles. The van der Waals surface area contributed by atoms with Crippen LogP contribution >= 0.6 is 0 Å². The monoisotopic (exact) mass is 260 g/mol. The van der Waals surface area contributed by atoms with Crippen LogP contribution in [0.2, 0.25) is 0 Å². The maximum absolute atomic E-state index is 11.4. The summed E-state index contributed by atoms with van der Waals surface area (Å²) in [5.74, 6) is 0.873. The maximum Gasteiger partial charge on any atom is 0.246 e. The van der Waals surface area contributed by atoms with Gasteiger partial charge in [-0.05, 0) is 18.6 Å². The van der Waals surface area contributed by atoms with Crippen molar-refractivity contribution in [2.45, 2.75) is 32.7 Å². The van der Waals surface area contributed by atoms with Gasteiger partial charge in [0.1, 0.15) is 0 Å². The molecule has 2 rings (SSSR count). The summed E-state index contributed by atoms with van der Waals surface area (Å²) in [7, 11) is 0. The average molecular weight is 260 g/mol. The molecule has 6 heteroatoms. The lowest BCUT2D eigenvalue weighted by atomic mass is 10.2. The summed E-state index contributed by atoms with van der Waals surface area (Å²) in [6, 6.07) is 3.65. The predicted molar refractivity (Wildman–Crippen MR) is 68.9 cm³/mol. The molecule has 2 aromatic rings. The molecule has 19 heavy (non-hydrogen) atoms. The molecule has 0 aliphatic carbocycles. The van der Waals surface area contributed by atoms with Gasteiger partial charge in [0.2, 0.25) is 17.6 Å².